The number of pyridine rings is 1. The zero-order valence-electron chi connectivity index (χ0n) is 17.9. The molecule has 166 valence electrons. The molecule has 0 saturated heterocycles. The number of esters is 1. The number of thiazole rings is 1. The highest BCUT2D eigenvalue weighted by Crippen LogP contribution is 2.25. The van der Waals surface area contributed by atoms with Crippen molar-refractivity contribution in [2.24, 2.45) is 0 Å². The molecule has 0 fully saturated rings. The number of carbonyl (C=O) groups is 2. The van der Waals surface area contributed by atoms with E-state index in [-0.39, 0.29) is 18.9 Å². The third-order valence-corrected chi connectivity index (χ3v) is 5.46. The summed E-state index contributed by atoms with van der Waals surface area (Å²) in [7, 11) is 0. The predicted octanol–water partition coefficient (Wildman–Crippen LogP) is 5.18. The molecule has 7 nitrogen and oxygen atoms in total. The molecule has 0 radical (unpaired) electrons. The van der Waals surface area contributed by atoms with Crippen LogP contribution in [0.2, 0.25) is 0 Å². The third kappa shape index (κ3) is 6.24. The van der Waals surface area contributed by atoms with Gasteiger partial charge in [-0.3, -0.25) is 9.78 Å². The normalized spacial score (nSPS) is 10.5. The number of anilines is 1. The Morgan fingerprint density at radius 2 is 1.85 bits per heavy atom. The Morgan fingerprint density at radius 3 is 2.64 bits per heavy atom. The third-order valence-electron chi connectivity index (χ3n) is 4.57. The monoisotopic (exact) mass is 459 g/mol. The van der Waals surface area contributed by atoms with Gasteiger partial charge in [0.25, 0.3) is 0 Å². The molecule has 1 N–H and O–H groups in total. The highest BCUT2D eigenvalue weighted by atomic mass is 32.1. The molecule has 0 aliphatic heterocycles. The molecule has 4 rings (SSSR count). The smallest absolute Gasteiger partial charge is 0.342 e. The van der Waals surface area contributed by atoms with Crippen molar-refractivity contribution in [2.45, 2.75) is 20.0 Å². The number of ether oxygens (including phenoxy) is 2. The molecule has 0 bridgehead atoms. The van der Waals surface area contributed by atoms with Crippen molar-refractivity contribution in [3.05, 3.63) is 100 Å². The maximum absolute atomic E-state index is 12.6. The van der Waals surface area contributed by atoms with Crippen molar-refractivity contribution in [1.82, 2.24) is 9.97 Å². The van der Waals surface area contributed by atoms with E-state index in [9.17, 15) is 9.59 Å². The average molecular weight is 460 g/mol. The summed E-state index contributed by atoms with van der Waals surface area (Å²) < 4.78 is 11.2. The number of amides is 1. The molecule has 8 heteroatoms. The van der Waals surface area contributed by atoms with Crippen molar-refractivity contribution in [3.8, 4) is 11.5 Å². The van der Waals surface area contributed by atoms with Gasteiger partial charge >= 0.3 is 5.97 Å². The molecule has 4 aromatic rings. The molecule has 0 saturated carbocycles. The standard InChI is InChI=1S/C25H21N3O4S/c1-17-8-10-18(11-9-17)27-23(29)13-24-28-19(16-33-24)15-31-25(30)21-6-2-3-7-22(21)32-20-5-4-12-26-14-20/h2-12,14,16H,13,15H2,1H3,(H,27,29). The molecule has 2 aromatic heterocycles. The number of hydrogen-bond donors (Lipinski definition) is 1. The minimum Gasteiger partial charge on any atom is -0.455 e. The number of aromatic nitrogens is 2. The van der Waals surface area contributed by atoms with Crippen LogP contribution in [0.15, 0.2) is 78.4 Å². The van der Waals surface area contributed by atoms with Crippen LogP contribution in [0.25, 0.3) is 0 Å². The van der Waals surface area contributed by atoms with Crippen LogP contribution in [0.1, 0.15) is 26.6 Å². The van der Waals surface area contributed by atoms with E-state index in [0.29, 0.717) is 27.8 Å². The van der Waals surface area contributed by atoms with E-state index in [4.69, 9.17) is 9.47 Å². The lowest BCUT2D eigenvalue weighted by Crippen LogP contribution is -2.14. The average Bonchev–Trinajstić information content (AvgIpc) is 3.27. The van der Waals surface area contributed by atoms with Crippen molar-refractivity contribution in [2.75, 3.05) is 5.32 Å². The summed E-state index contributed by atoms with van der Waals surface area (Å²) >= 11 is 1.35. The predicted molar refractivity (Wildman–Crippen MR) is 125 cm³/mol. The van der Waals surface area contributed by atoms with Crippen molar-refractivity contribution >= 4 is 28.9 Å². The van der Waals surface area contributed by atoms with Crippen LogP contribution in [0.3, 0.4) is 0 Å². The summed E-state index contributed by atoms with van der Waals surface area (Å²) in [6.07, 6.45) is 3.35. The molecule has 33 heavy (non-hydrogen) atoms. The molecule has 0 atom stereocenters. The summed E-state index contributed by atoms with van der Waals surface area (Å²) in [4.78, 5) is 33.3. The zero-order chi connectivity index (χ0) is 23.0. The zero-order valence-corrected chi connectivity index (χ0v) is 18.7. The van der Waals surface area contributed by atoms with E-state index < -0.39 is 5.97 Å². The fourth-order valence-electron chi connectivity index (χ4n) is 2.95. The Balaban J connectivity index is 1.32. The van der Waals surface area contributed by atoms with Gasteiger partial charge in [0.05, 0.1) is 18.3 Å². The highest BCUT2D eigenvalue weighted by Gasteiger charge is 2.16. The summed E-state index contributed by atoms with van der Waals surface area (Å²) in [5, 5.41) is 5.27. The molecule has 0 spiro atoms. The number of aryl methyl sites for hydroxylation is 1. The number of rotatable bonds is 8. The molecule has 0 aliphatic rings. The summed E-state index contributed by atoms with van der Waals surface area (Å²) in [5.74, 6) is 0.215. The van der Waals surface area contributed by atoms with E-state index in [1.165, 1.54) is 11.3 Å². The van der Waals surface area contributed by atoms with Gasteiger partial charge < -0.3 is 14.8 Å². The number of nitrogens with one attached hydrogen (secondary N) is 1. The Kier molecular flexibility index (Phi) is 7.06. The van der Waals surface area contributed by atoms with Gasteiger partial charge in [0.15, 0.2) is 0 Å². The molecule has 2 aromatic carbocycles. The van der Waals surface area contributed by atoms with Gasteiger partial charge in [0.2, 0.25) is 5.91 Å². The number of nitrogens with zero attached hydrogens (tertiary/aromatic N) is 2. The lowest BCUT2D eigenvalue weighted by atomic mass is 10.2. The minimum absolute atomic E-state index is 0.00383. The van der Waals surface area contributed by atoms with Crippen LogP contribution in [-0.2, 0) is 22.6 Å². The molecule has 1 amide bonds. The van der Waals surface area contributed by atoms with Crippen molar-refractivity contribution < 1.29 is 19.1 Å². The minimum atomic E-state index is -0.527. The van der Waals surface area contributed by atoms with Gasteiger partial charge in [0.1, 0.15) is 28.7 Å². The van der Waals surface area contributed by atoms with Gasteiger partial charge in [-0.05, 0) is 43.3 Å². The van der Waals surface area contributed by atoms with E-state index in [1.54, 1.807) is 54.2 Å². The molecular weight excluding hydrogens is 438 g/mol. The van der Waals surface area contributed by atoms with Gasteiger partial charge in [-0.1, -0.05) is 29.8 Å². The van der Waals surface area contributed by atoms with E-state index in [1.807, 2.05) is 31.2 Å². The van der Waals surface area contributed by atoms with Crippen LogP contribution < -0.4 is 10.1 Å². The van der Waals surface area contributed by atoms with Gasteiger partial charge in [-0.2, -0.15) is 0 Å². The van der Waals surface area contributed by atoms with E-state index in [0.717, 1.165) is 11.3 Å². The Labute approximate surface area is 195 Å². The second-order valence-corrected chi connectivity index (χ2v) is 8.13. The second kappa shape index (κ2) is 10.5. The number of hydrogen-bond acceptors (Lipinski definition) is 7. The first-order valence-corrected chi connectivity index (χ1v) is 11.1. The largest absolute Gasteiger partial charge is 0.455 e. The number of carbonyl (C=O) groups excluding carboxylic acids is 2. The molecule has 0 aliphatic carbocycles. The first-order chi connectivity index (χ1) is 16.1. The topological polar surface area (TPSA) is 90.4 Å². The van der Waals surface area contributed by atoms with E-state index in [2.05, 4.69) is 15.3 Å². The Bertz CT molecular complexity index is 1240. The van der Waals surface area contributed by atoms with Crippen LogP contribution >= 0.6 is 11.3 Å². The molecular formula is C25H21N3O4S. The van der Waals surface area contributed by atoms with Gasteiger partial charge in [0, 0.05) is 17.3 Å². The quantitative estimate of drug-likeness (QED) is 0.365. The first-order valence-electron chi connectivity index (χ1n) is 10.2. The summed E-state index contributed by atoms with van der Waals surface area (Å²) in [5.41, 5.74) is 2.74. The first kappa shape index (κ1) is 22.2. The summed E-state index contributed by atoms with van der Waals surface area (Å²) in [6, 6.07) is 17.9. The van der Waals surface area contributed by atoms with Crippen LogP contribution in [-0.4, -0.2) is 21.8 Å². The Morgan fingerprint density at radius 1 is 1.03 bits per heavy atom. The number of benzene rings is 2. The maximum Gasteiger partial charge on any atom is 0.342 e. The SMILES string of the molecule is Cc1ccc(NC(=O)Cc2nc(COC(=O)c3ccccc3Oc3cccnc3)cs2)cc1. The molecule has 0 unspecified atom stereocenters. The van der Waals surface area contributed by atoms with Crippen LogP contribution in [0.5, 0.6) is 11.5 Å². The van der Waals surface area contributed by atoms with Crippen LogP contribution in [0, 0.1) is 6.92 Å². The fourth-order valence-corrected chi connectivity index (χ4v) is 3.73. The highest BCUT2D eigenvalue weighted by molar-refractivity contribution is 7.09. The number of para-hydroxylation sites is 1. The van der Waals surface area contributed by atoms with Crippen molar-refractivity contribution in [3.63, 3.8) is 0 Å². The molecule has 2 heterocycles. The van der Waals surface area contributed by atoms with Crippen LogP contribution in [0.4, 0.5) is 5.69 Å². The summed E-state index contributed by atoms with van der Waals surface area (Å²) in [6.45, 7) is 1.98. The van der Waals surface area contributed by atoms with E-state index >= 15 is 0 Å². The van der Waals surface area contributed by atoms with Gasteiger partial charge in [-0.25, -0.2) is 9.78 Å². The Hall–Kier alpha value is -4.04. The van der Waals surface area contributed by atoms with Gasteiger partial charge in [-0.15, -0.1) is 11.3 Å². The lowest BCUT2D eigenvalue weighted by Gasteiger charge is -2.10. The fraction of sp³-hybridized carbons (Fsp3) is 0.120. The second-order valence-electron chi connectivity index (χ2n) is 7.19. The lowest BCUT2D eigenvalue weighted by molar-refractivity contribution is -0.115. The maximum atomic E-state index is 12.6. The van der Waals surface area contributed by atoms with Crippen molar-refractivity contribution in [1.29, 1.82) is 0 Å².